The molecule has 2 heterocycles. The highest BCUT2D eigenvalue weighted by molar-refractivity contribution is 5.70. The maximum atomic E-state index is 12.9. The van der Waals surface area contributed by atoms with Crippen molar-refractivity contribution in [2.24, 2.45) is 0 Å². The lowest BCUT2D eigenvalue weighted by molar-refractivity contribution is -0.332. The molecule has 0 saturated carbocycles. The summed E-state index contributed by atoms with van der Waals surface area (Å²) >= 11 is 0. The molecule has 5 unspecified atom stereocenters. The SMILES string of the molecule is CC/C=C/C=C/C=C/C=C/CCCCCC(=O)OC(COC(=O)CCCCCCCCCCC)CO[C@@H]1O[C@H](CO[C@@H]2O[C@H](CO)[C@H](O)C(O)C2O)[C@H](O)C(O)C1O. The number of rotatable bonds is 30. The highest BCUT2D eigenvalue weighted by Gasteiger charge is 2.47. The molecule has 334 valence electrons. The number of unbranched alkanes of at least 4 members (excludes halogenated alkanes) is 11. The van der Waals surface area contributed by atoms with Gasteiger partial charge in [0.1, 0.15) is 55.4 Å². The average molecular weight is 829 g/mol. The van der Waals surface area contributed by atoms with Crippen LogP contribution in [-0.2, 0) is 38.0 Å². The molecule has 2 fully saturated rings. The first-order valence-corrected chi connectivity index (χ1v) is 21.3. The Hall–Kier alpha value is -2.54. The number of esters is 2. The van der Waals surface area contributed by atoms with E-state index in [-0.39, 0.29) is 19.4 Å². The average Bonchev–Trinajstić information content (AvgIpc) is 3.21. The third kappa shape index (κ3) is 20.6. The molecule has 0 radical (unpaired) electrons. The van der Waals surface area contributed by atoms with Gasteiger partial charge in [-0.25, -0.2) is 0 Å². The molecule has 0 bridgehead atoms. The van der Waals surface area contributed by atoms with Crippen molar-refractivity contribution >= 4 is 11.9 Å². The third-order valence-electron chi connectivity index (χ3n) is 9.92. The van der Waals surface area contributed by atoms with Gasteiger partial charge in [-0.1, -0.05) is 120 Å². The fraction of sp³-hybridized carbons (Fsp3) is 0.767. The molecule has 0 aromatic carbocycles. The van der Waals surface area contributed by atoms with E-state index in [4.69, 9.17) is 28.4 Å². The van der Waals surface area contributed by atoms with Crippen LogP contribution in [0.4, 0.5) is 0 Å². The fourth-order valence-electron chi connectivity index (χ4n) is 6.34. The van der Waals surface area contributed by atoms with Crippen LogP contribution in [0.15, 0.2) is 48.6 Å². The van der Waals surface area contributed by atoms with Crippen LogP contribution in [0.5, 0.6) is 0 Å². The van der Waals surface area contributed by atoms with Crippen molar-refractivity contribution in [3.05, 3.63) is 48.6 Å². The molecular weight excluding hydrogens is 756 g/mol. The zero-order valence-corrected chi connectivity index (χ0v) is 34.5. The first kappa shape index (κ1) is 51.6. The lowest BCUT2D eigenvalue weighted by atomic mass is 9.98. The van der Waals surface area contributed by atoms with Crippen molar-refractivity contribution in [1.29, 1.82) is 0 Å². The van der Waals surface area contributed by atoms with Crippen molar-refractivity contribution in [3.63, 3.8) is 0 Å². The number of hydrogen-bond acceptors (Lipinski definition) is 15. The molecular formula is C43H72O15. The first-order chi connectivity index (χ1) is 28.0. The largest absolute Gasteiger partial charge is 0.462 e. The van der Waals surface area contributed by atoms with Crippen molar-refractivity contribution in [2.75, 3.05) is 26.4 Å². The van der Waals surface area contributed by atoms with Gasteiger partial charge in [-0.05, 0) is 32.1 Å². The summed E-state index contributed by atoms with van der Waals surface area (Å²) in [6, 6.07) is 0. The minimum atomic E-state index is -1.77. The molecule has 7 N–H and O–H groups in total. The second-order valence-corrected chi connectivity index (χ2v) is 14.9. The first-order valence-electron chi connectivity index (χ1n) is 21.3. The summed E-state index contributed by atoms with van der Waals surface area (Å²) in [6.07, 6.45) is 13.2. The van der Waals surface area contributed by atoms with Crippen LogP contribution in [0.3, 0.4) is 0 Å². The highest BCUT2D eigenvalue weighted by atomic mass is 16.7. The van der Waals surface area contributed by atoms with Gasteiger partial charge in [0.25, 0.3) is 0 Å². The Labute approximate surface area is 344 Å². The quantitative estimate of drug-likeness (QED) is 0.0312. The van der Waals surface area contributed by atoms with Crippen LogP contribution in [-0.4, -0.2) is 142 Å². The molecule has 15 heteroatoms. The van der Waals surface area contributed by atoms with Crippen molar-refractivity contribution < 1.29 is 73.8 Å². The van der Waals surface area contributed by atoms with E-state index in [0.717, 1.165) is 44.9 Å². The molecule has 2 saturated heterocycles. The van der Waals surface area contributed by atoms with Crippen LogP contribution in [0.1, 0.15) is 117 Å². The summed E-state index contributed by atoms with van der Waals surface area (Å²) in [6.45, 7) is 2.33. The fourth-order valence-corrected chi connectivity index (χ4v) is 6.34. The second kappa shape index (κ2) is 31.4. The van der Waals surface area contributed by atoms with Gasteiger partial charge in [0, 0.05) is 12.8 Å². The zero-order valence-electron chi connectivity index (χ0n) is 34.5. The predicted octanol–water partition coefficient (Wildman–Crippen LogP) is 3.59. The normalized spacial score (nSPS) is 28.6. The van der Waals surface area contributed by atoms with Gasteiger partial charge in [0.15, 0.2) is 18.7 Å². The number of carbonyl (C=O) groups excluding carboxylic acids is 2. The highest BCUT2D eigenvalue weighted by Crippen LogP contribution is 2.26. The van der Waals surface area contributed by atoms with Gasteiger partial charge in [0.05, 0.1) is 19.8 Å². The summed E-state index contributed by atoms with van der Waals surface area (Å²) in [4.78, 5) is 25.5. The topological polar surface area (TPSA) is 231 Å². The van der Waals surface area contributed by atoms with Gasteiger partial charge in [-0.15, -0.1) is 0 Å². The van der Waals surface area contributed by atoms with Crippen molar-refractivity contribution in [3.8, 4) is 0 Å². The number of aliphatic hydroxyl groups excluding tert-OH is 7. The molecule has 2 rings (SSSR count). The van der Waals surface area contributed by atoms with Gasteiger partial charge in [-0.2, -0.15) is 0 Å². The minimum absolute atomic E-state index is 0.118. The Morgan fingerprint density at radius 2 is 1.09 bits per heavy atom. The van der Waals surface area contributed by atoms with Crippen LogP contribution in [0, 0.1) is 0 Å². The van der Waals surface area contributed by atoms with Gasteiger partial charge < -0.3 is 64.2 Å². The molecule has 15 nitrogen and oxygen atoms in total. The smallest absolute Gasteiger partial charge is 0.306 e. The number of hydrogen-bond donors (Lipinski definition) is 7. The Bertz CT molecular complexity index is 1210. The lowest BCUT2D eigenvalue weighted by Gasteiger charge is -2.42. The second-order valence-electron chi connectivity index (χ2n) is 14.9. The summed E-state index contributed by atoms with van der Waals surface area (Å²) in [5, 5.41) is 71.7. The molecule has 2 aliphatic rings. The summed E-state index contributed by atoms with van der Waals surface area (Å²) in [5.41, 5.74) is 0. The summed E-state index contributed by atoms with van der Waals surface area (Å²) in [5.74, 6) is -0.980. The van der Waals surface area contributed by atoms with Crippen molar-refractivity contribution in [2.45, 2.75) is 184 Å². The third-order valence-corrected chi connectivity index (χ3v) is 9.92. The van der Waals surface area contributed by atoms with Crippen LogP contribution in [0.25, 0.3) is 0 Å². The maximum absolute atomic E-state index is 12.9. The van der Waals surface area contributed by atoms with Crippen LogP contribution >= 0.6 is 0 Å². The van der Waals surface area contributed by atoms with E-state index in [0.29, 0.717) is 12.8 Å². The standard InChI is InChI=1S/C43H72O15/c1-3-5-7-9-11-13-14-15-16-18-20-22-24-26-35(46)56-31(28-53-34(45)25-23-21-19-17-12-10-8-6-4-2)29-54-42-41(52)39(50)37(48)33(58-42)30-55-43-40(51)38(49)36(47)32(27-44)57-43/h5,7,9,11,13-16,31-33,36-44,47-52H,3-4,6,8,10,12,17-30H2,1-2H3/b7-5+,11-9+,14-13+,16-15+/t31?,32-,33-,36+,37+,38?,39?,40?,41?,42-,43-/m1/s1. The van der Waals surface area contributed by atoms with Gasteiger partial charge in [-0.3, -0.25) is 9.59 Å². The van der Waals surface area contributed by atoms with E-state index in [1.54, 1.807) is 0 Å². The number of aliphatic hydroxyl groups is 7. The van der Waals surface area contributed by atoms with E-state index in [2.05, 4.69) is 26.0 Å². The van der Waals surface area contributed by atoms with E-state index >= 15 is 0 Å². The summed E-state index contributed by atoms with van der Waals surface area (Å²) < 4.78 is 33.3. The molecule has 11 atom stereocenters. The molecule has 58 heavy (non-hydrogen) atoms. The number of ether oxygens (including phenoxy) is 6. The Morgan fingerprint density at radius 1 is 0.569 bits per heavy atom. The van der Waals surface area contributed by atoms with E-state index in [1.165, 1.54) is 32.1 Å². The Morgan fingerprint density at radius 3 is 1.71 bits per heavy atom. The predicted molar refractivity (Wildman–Crippen MR) is 215 cm³/mol. The van der Waals surface area contributed by atoms with Crippen LogP contribution in [0.2, 0.25) is 0 Å². The molecule has 0 amide bonds. The Kier molecular flexibility index (Phi) is 27.9. The minimum Gasteiger partial charge on any atom is -0.462 e. The van der Waals surface area contributed by atoms with Gasteiger partial charge in [0.2, 0.25) is 0 Å². The van der Waals surface area contributed by atoms with Crippen LogP contribution < -0.4 is 0 Å². The van der Waals surface area contributed by atoms with Gasteiger partial charge >= 0.3 is 11.9 Å². The number of allylic oxidation sites excluding steroid dienone is 8. The molecule has 0 spiro atoms. The van der Waals surface area contributed by atoms with E-state index in [9.17, 15) is 45.3 Å². The molecule has 0 aliphatic carbocycles. The van der Waals surface area contributed by atoms with E-state index < -0.39 is 99.3 Å². The molecule has 0 aromatic heterocycles. The Balaban J connectivity index is 1.91. The summed E-state index contributed by atoms with van der Waals surface area (Å²) in [7, 11) is 0. The molecule has 0 aromatic rings. The maximum Gasteiger partial charge on any atom is 0.306 e. The monoisotopic (exact) mass is 828 g/mol. The zero-order chi connectivity index (χ0) is 42.5. The van der Waals surface area contributed by atoms with E-state index in [1.807, 2.05) is 36.5 Å². The number of carbonyl (C=O) groups is 2. The van der Waals surface area contributed by atoms with Crippen molar-refractivity contribution in [1.82, 2.24) is 0 Å². The lowest BCUT2D eigenvalue weighted by Crippen LogP contribution is -2.61. The molecule has 2 aliphatic heterocycles.